The number of amides is 1. The zero-order valence-corrected chi connectivity index (χ0v) is 12.7. The first-order chi connectivity index (χ1) is 9.99. The Labute approximate surface area is 125 Å². The third-order valence-electron chi connectivity index (χ3n) is 3.19. The molecule has 0 aliphatic carbocycles. The van der Waals surface area contributed by atoms with Gasteiger partial charge in [-0.2, -0.15) is 5.26 Å². The molecule has 0 aromatic heterocycles. The number of likely N-dealkylation sites (N-methyl/N-ethyl adjacent to an activating group) is 1. The lowest BCUT2D eigenvalue weighted by Crippen LogP contribution is -2.38. The molecule has 1 rings (SSSR count). The highest BCUT2D eigenvalue weighted by atomic mass is 16.2. The molecule has 1 aromatic carbocycles. The molecule has 0 unspecified atom stereocenters. The summed E-state index contributed by atoms with van der Waals surface area (Å²) in [5, 5.41) is 11.8. The van der Waals surface area contributed by atoms with Gasteiger partial charge in [-0.25, -0.2) is 0 Å². The number of nitrogens with zero attached hydrogens (tertiary/aromatic N) is 2. The second-order valence-electron chi connectivity index (χ2n) is 4.92. The fourth-order valence-corrected chi connectivity index (χ4v) is 2.01. The van der Waals surface area contributed by atoms with Crippen molar-refractivity contribution >= 4 is 17.4 Å². The Morgan fingerprint density at radius 1 is 1.38 bits per heavy atom. The van der Waals surface area contributed by atoms with E-state index >= 15 is 0 Å². The molecular formula is C16H21N3O2. The van der Waals surface area contributed by atoms with Gasteiger partial charge >= 0.3 is 0 Å². The second kappa shape index (κ2) is 8.05. The summed E-state index contributed by atoms with van der Waals surface area (Å²) in [4.78, 5) is 25.3. The molecule has 0 saturated heterocycles. The zero-order valence-electron chi connectivity index (χ0n) is 12.7. The van der Waals surface area contributed by atoms with Crippen molar-refractivity contribution < 1.29 is 9.59 Å². The van der Waals surface area contributed by atoms with Crippen molar-refractivity contribution in [3.8, 4) is 6.07 Å². The number of Topliss-reactive ketones (excluding diaryl/α,β-unsaturated/α-hetero) is 1. The first-order valence-corrected chi connectivity index (χ1v) is 7.00. The summed E-state index contributed by atoms with van der Waals surface area (Å²) >= 11 is 0. The number of hydrogen-bond donors (Lipinski definition) is 1. The highest BCUT2D eigenvalue weighted by molar-refractivity contribution is 6.00. The molecule has 1 N–H and O–H groups in total. The summed E-state index contributed by atoms with van der Waals surface area (Å²) in [6, 6.07) is 9.23. The maximum absolute atomic E-state index is 12.1. The van der Waals surface area contributed by atoms with E-state index in [-0.39, 0.29) is 24.2 Å². The zero-order chi connectivity index (χ0) is 15.8. The van der Waals surface area contributed by atoms with Gasteiger partial charge in [0.2, 0.25) is 5.91 Å². The van der Waals surface area contributed by atoms with Gasteiger partial charge in [-0.05, 0) is 32.9 Å². The van der Waals surface area contributed by atoms with Crippen LogP contribution in [0.15, 0.2) is 24.3 Å². The van der Waals surface area contributed by atoms with E-state index in [4.69, 9.17) is 5.26 Å². The normalized spacial score (nSPS) is 11.3. The van der Waals surface area contributed by atoms with Crippen molar-refractivity contribution in [2.45, 2.75) is 20.8 Å². The molecular weight excluding hydrogens is 266 g/mol. The fraction of sp³-hybridized carbons (Fsp3) is 0.438. The topological polar surface area (TPSA) is 73.2 Å². The molecule has 1 atom stereocenters. The Kier molecular flexibility index (Phi) is 6.41. The molecule has 0 bridgehead atoms. The number of carbonyl (C=O) groups excluding carboxylic acids is 2. The number of nitriles is 1. The first kappa shape index (κ1) is 16.7. The standard InChI is InChI=1S/C16H21N3O2/c1-4-19(11-12(2)9-17)16(21)10-18-15-8-6-5-7-14(15)13(3)20/h5-8,12,18H,4,10-11H2,1-3H3/t12-/m0/s1. The number of nitrogens with one attached hydrogen (secondary N) is 1. The van der Waals surface area contributed by atoms with E-state index < -0.39 is 0 Å². The van der Waals surface area contributed by atoms with E-state index in [1.165, 1.54) is 6.92 Å². The van der Waals surface area contributed by atoms with E-state index in [2.05, 4.69) is 11.4 Å². The number of anilines is 1. The maximum Gasteiger partial charge on any atom is 0.241 e. The molecule has 0 aliphatic heterocycles. The van der Waals surface area contributed by atoms with Crippen molar-refractivity contribution in [2.75, 3.05) is 25.0 Å². The average Bonchev–Trinajstić information content (AvgIpc) is 2.49. The highest BCUT2D eigenvalue weighted by Gasteiger charge is 2.15. The van der Waals surface area contributed by atoms with E-state index in [9.17, 15) is 9.59 Å². The van der Waals surface area contributed by atoms with Crippen LogP contribution in [0.3, 0.4) is 0 Å². The molecule has 0 saturated carbocycles. The molecule has 21 heavy (non-hydrogen) atoms. The summed E-state index contributed by atoms with van der Waals surface area (Å²) < 4.78 is 0. The number of benzene rings is 1. The van der Waals surface area contributed by atoms with Gasteiger partial charge in [0.1, 0.15) is 0 Å². The number of hydrogen-bond acceptors (Lipinski definition) is 4. The summed E-state index contributed by atoms with van der Waals surface area (Å²) in [5.41, 5.74) is 1.22. The van der Waals surface area contributed by atoms with Crippen LogP contribution in [0.4, 0.5) is 5.69 Å². The molecule has 0 aliphatic rings. The summed E-state index contributed by atoms with van der Waals surface area (Å²) in [6.45, 7) is 6.24. The predicted molar refractivity (Wildman–Crippen MR) is 82.0 cm³/mol. The smallest absolute Gasteiger partial charge is 0.241 e. The molecule has 1 aromatic rings. The van der Waals surface area contributed by atoms with E-state index in [1.54, 1.807) is 30.0 Å². The van der Waals surface area contributed by atoms with Crippen LogP contribution in [0.5, 0.6) is 0 Å². The molecule has 0 fully saturated rings. The SMILES string of the molecule is CCN(C[C@@H](C)C#N)C(=O)CNc1ccccc1C(C)=O. The predicted octanol–water partition coefficient (Wildman–Crippen LogP) is 2.31. The monoisotopic (exact) mass is 287 g/mol. The van der Waals surface area contributed by atoms with Crippen LogP contribution in [0.1, 0.15) is 31.1 Å². The van der Waals surface area contributed by atoms with Crippen LogP contribution in [0.2, 0.25) is 0 Å². The first-order valence-electron chi connectivity index (χ1n) is 7.00. The molecule has 0 heterocycles. The maximum atomic E-state index is 12.1. The van der Waals surface area contributed by atoms with E-state index in [1.807, 2.05) is 13.0 Å². The van der Waals surface area contributed by atoms with E-state index in [0.29, 0.717) is 24.3 Å². The number of para-hydroxylation sites is 1. The third-order valence-corrected chi connectivity index (χ3v) is 3.19. The van der Waals surface area contributed by atoms with Gasteiger partial charge in [-0.15, -0.1) is 0 Å². The minimum atomic E-state index is -0.196. The molecule has 0 spiro atoms. The van der Waals surface area contributed by atoms with Gasteiger partial charge < -0.3 is 10.2 Å². The fourth-order valence-electron chi connectivity index (χ4n) is 2.01. The van der Waals surface area contributed by atoms with Gasteiger partial charge in [-0.1, -0.05) is 12.1 Å². The van der Waals surface area contributed by atoms with Gasteiger partial charge in [0.15, 0.2) is 5.78 Å². The Bertz CT molecular complexity index is 549. The number of ketones is 1. The largest absolute Gasteiger partial charge is 0.376 e. The Morgan fingerprint density at radius 2 is 2.05 bits per heavy atom. The van der Waals surface area contributed by atoms with Crippen molar-refractivity contribution in [3.63, 3.8) is 0 Å². The van der Waals surface area contributed by atoms with Gasteiger partial charge in [0, 0.05) is 24.3 Å². The summed E-state index contributed by atoms with van der Waals surface area (Å²) in [5.74, 6) is -0.327. The Balaban J connectivity index is 2.68. The Hall–Kier alpha value is -2.35. The molecule has 5 heteroatoms. The van der Waals surface area contributed by atoms with Crippen LogP contribution in [-0.2, 0) is 4.79 Å². The molecule has 5 nitrogen and oxygen atoms in total. The van der Waals surface area contributed by atoms with Gasteiger partial charge in [0.25, 0.3) is 0 Å². The molecule has 112 valence electrons. The van der Waals surface area contributed by atoms with Crippen molar-refractivity contribution in [1.82, 2.24) is 4.90 Å². The van der Waals surface area contributed by atoms with E-state index in [0.717, 1.165) is 0 Å². The molecule has 0 radical (unpaired) electrons. The van der Waals surface area contributed by atoms with Crippen LogP contribution in [-0.4, -0.2) is 36.2 Å². The van der Waals surface area contributed by atoms with Crippen LogP contribution in [0.25, 0.3) is 0 Å². The van der Waals surface area contributed by atoms with Crippen LogP contribution < -0.4 is 5.32 Å². The van der Waals surface area contributed by atoms with Crippen LogP contribution >= 0.6 is 0 Å². The lowest BCUT2D eigenvalue weighted by Gasteiger charge is -2.22. The summed E-state index contributed by atoms with van der Waals surface area (Å²) in [6.07, 6.45) is 0. The van der Waals surface area contributed by atoms with Crippen molar-refractivity contribution in [1.29, 1.82) is 5.26 Å². The lowest BCUT2D eigenvalue weighted by atomic mass is 10.1. The quantitative estimate of drug-likeness (QED) is 0.781. The van der Waals surface area contributed by atoms with Gasteiger partial charge in [-0.3, -0.25) is 9.59 Å². The van der Waals surface area contributed by atoms with Crippen molar-refractivity contribution in [2.24, 2.45) is 5.92 Å². The number of rotatable bonds is 7. The van der Waals surface area contributed by atoms with Gasteiger partial charge in [0.05, 0.1) is 18.5 Å². The highest BCUT2D eigenvalue weighted by Crippen LogP contribution is 2.15. The lowest BCUT2D eigenvalue weighted by molar-refractivity contribution is -0.129. The van der Waals surface area contributed by atoms with Crippen molar-refractivity contribution in [3.05, 3.63) is 29.8 Å². The second-order valence-corrected chi connectivity index (χ2v) is 4.92. The van der Waals surface area contributed by atoms with Crippen LogP contribution in [0, 0.1) is 17.2 Å². The number of carbonyl (C=O) groups is 2. The third kappa shape index (κ3) is 4.92. The minimum absolute atomic E-state index is 0.0454. The Morgan fingerprint density at radius 3 is 2.62 bits per heavy atom. The minimum Gasteiger partial charge on any atom is -0.376 e. The molecule has 1 amide bonds. The average molecular weight is 287 g/mol. The summed E-state index contributed by atoms with van der Waals surface area (Å²) in [7, 11) is 0.